The van der Waals surface area contributed by atoms with Gasteiger partial charge in [0.1, 0.15) is 5.52 Å². The summed E-state index contributed by atoms with van der Waals surface area (Å²) in [5.74, 6) is 0.607. The Morgan fingerprint density at radius 2 is 1.95 bits per heavy atom. The molecule has 1 amide bonds. The molecule has 1 aromatic carbocycles. The second-order valence-corrected chi connectivity index (χ2v) is 5.92. The number of hydrogen-bond acceptors (Lipinski definition) is 5. The first-order chi connectivity index (χ1) is 10.8. The van der Waals surface area contributed by atoms with Crippen molar-refractivity contribution in [1.82, 2.24) is 20.5 Å². The predicted molar refractivity (Wildman–Crippen MR) is 82.2 cm³/mol. The van der Waals surface area contributed by atoms with Gasteiger partial charge < -0.3 is 10.4 Å². The number of aromatic nitrogens is 3. The number of benzene rings is 1. The zero-order chi connectivity index (χ0) is 15.4. The van der Waals surface area contributed by atoms with Crippen LogP contribution in [0.5, 0.6) is 0 Å². The summed E-state index contributed by atoms with van der Waals surface area (Å²) < 4.78 is 0. The summed E-state index contributed by atoms with van der Waals surface area (Å²) in [6, 6.07) is 7.34. The van der Waals surface area contributed by atoms with Crippen LogP contribution in [0, 0.1) is 11.8 Å². The van der Waals surface area contributed by atoms with E-state index in [9.17, 15) is 9.90 Å². The Bertz CT molecular complexity index is 661. The SMILES string of the molecule is O=C(NC[C@H]1CCC[C@@H](CO)C1)c1nnc2ccccc2n1. The predicted octanol–water partition coefficient (Wildman–Crippen LogP) is 1.55. The highest BCUT2D eigenvalue weighted by molar-refractivity contribution is 5.91. The molecular formula is C16H20N4O2. The minimum atomic E-state index is -0.288. The fourth-order valence-electron chi connectivity index (χ4n) is 3.05. The number of amides is 1. The van der Waals surface area contributed by atoms with E-state index in [-0.39, 0.29) is 18.3 Å². The molecule has 2 atom stereocenters. The van der Waals surface area contributed by atoms with E-state index in [0.717, 1.165) is 25.7 Å². The van der Waals surface area contributed by atoms with Crippen molar-refractivity contribution in [3.63, 3.8) is 0 Å². The Labute approximate surface area is 129 Å². The molecule has 22 heavy (non-hydrogen) atoms. The van der Waals surface area contributed by atoms with Gasteiger partial charge >= 0.3 is 0 Å². The van der Waals surface area contributed by atoms with E-state index in [4.69, 9.17) is 0 Å². The summed E-state index contributed by atoms with van der Waals surface area (Å²) in [6.07, 6.45) is 4.25. The van der Waals surface area contributed by atoms with E-state index < -0.39 is 0 Å². The maximum Gasteiger partial charge on any atom is 0.291 e. The molecule has 0 radical (unpaired) electrons. The van der Waals surface area contributed by atoms with Crippen molar-refractivity contribution in [1.29, 1.82) is 0 Å². The zero-order valence-corrected chi connectivity index (χ0v) is 12.4. The van der Waals surface area contributed by atoms with Crippen LogP contribution in [-0.2, 0) is 0 Å². The molecule has 2 N–H and O–H groups in total. The molecule has 3 rings (SSSR count). The largest absolute Gasteiger partial charge is 0.396 e. The van der Waals surface area contributed by atoms with Crippen LogP contribution in [0.2, 0.25) is 0 Å². The van der Waals surface area contributed by atoms with E-state index in [1.54, 1.807) is 0 Å². The fraction of sp³-hybridized carbons (Fsp3) is 0.500. The van der Waals surface area contributed by atoms with E-state index in [2.05, 4.69) is 20.5 Å². The highest BCUT2D eigenvalue weighted by Crippen LogP contribution is 2.28. The molecule has 0 unspecified atom stereocenters. The van der Waals surface area contributed by atoms with Crippen molar-refractivity contribution in [2.45, 2.75) is 25.7 Å². The smallest absolute Gasteiger partial charge is 0.291 e. The molecule has 1 aromatic heterocycles. The topological polar surface area (TPSA) is 88.0 Å². The molecule has 1 saturated carbocycles. The molecule has 0 aliphatic heterocycles. The van der Waals surface area contributed by atoms with Crippen molar-refractivity contribution in [2.75, 3.05) is 13.2 Å². The van der Waals surface area contributed by atoms with Crippen LogP contribution in [0.4, 0.5) is 0 Å². The van der Waals surface area contributed by atoms with Crippen LogP contribution in [0.3, 0.4) is 0 Å². The van der Waals surface area contributed by atoms with Crippen molar-refractivity contribution in [3.8, 4) is 0 Å². The Kier molecular flexibility index (Phi) is 4.58. The number of para-hydroxylation sites is 1. The van der Waals surface area contributed by atoms with Gasteiger partial charge in [-0.1, -0.05) is 18.6 Å². The van der Waals surface area contributed by atoms with Gasteiger partial charge in [-0.05, 0) is 43.2 Å². The molecule has 116 valence electrons. The minimum Gasteiger partial charge on any atom is -0.396 e. The van der Waals surface area contributed by atoms with Crippen LogP contribution in [0.25, 0.3) is 11.0 Å². The second kappa shape index (κ2) is 6.79. The summed E-state index contributed by atoms with van der Waals surface area (Å²) in [6.45, 7) is 0.841. The van der Waals surface area contributed by atoms with Crippen LogP contribution < -0.4 is 5.32 Å². The number of aliphatic hydroxyl groups excluding tert-OH is 1. The van der Waals surface area contributed by atoms with Crippen LogP contribution in [-0.4, -0.2) is 39.3 Å². The Morgan fingerprint density at radius 3 is 2.77 bits per heavy atom. The lowest BCUT2D eigenvalue weighted by Gasteiger charge is -2.27. The van der Waals surface area contributed by atoms with Gasteiger partial charge in [-0.25, -0.2) is 4.98 Å². The van der Waals surface area contributed by atoms with Gasteiger partial charge in [-0.3, -0.25) is 4.79 Å². The van der Waals surface area contributed by atoms with Gasteiger partial charge in [-0.15, -0.1) is 10.2 Å². The normalized spacial score (nSPS) is 21.7. The van der Waals surface area contributed by atoms with E-state index in [1.165, 1.54) is 0 Å². The number of rotatable bonds is 4. The van der Waals surface area contributed by atoms with E-state index in [0.29, 0.717) is 29.4 Å². The Hall–Kier alpha value is -2.08. The third kappa shape index (κ3) is 3.39. The highest BCUT2D eigenvalue weighted by Gasteiger charge is 2.22. The van der Waals surface area contributed by atoms with Crippen LogP contribution in [0.1, 0.15) is 36.3 Å². The van der Waals surface area contributed by atoms with Gasteiger partial charge in [-0.2, -0.15) is 0 Å². The first-order valence-corrected chi connectivity index (χ1v) is 7.75. The first-order valence-electron chi connectivity index (χ1n) is 7.75. The Balaban J connectivity index is 1.61. The molecule has 2 aromatic rings. The lowest BCUT2D eigenvalue weighted by atomic mass is 9.82. The lowest BCUT2D eigenvalue weighted by molar-refractivity contribution is 0.0923. The molecular weight excluding hydrogens is 280 g/mol. The molecule has 1 aliphatic carbocycles. The number of nitrogens with zero attached hydrogens (tertiary/aromatic N) is 3. The van der Waals surface area contributed by atoms with Crippen LogP contribution in [0.15, 0.2) is 24.3 Å². The average Bonchev–Trinajstić information content (AvgIpc) is 2.59. The average molecular weight is 300 g/mol. The minimum absolute atomic E-state index is 0.105. The first kappa shape index (κ1) is 14.8. The number of hydrogen-bond donors (Lipinski definition) is 2. The number of carbonyl (C=O) groups is 1. The second-order valence-electron chi connectivity index (χ2n) is 5.92. The number of nitrogens with one attached hydrogen (secondary N) is 1. The summed E-state index contributed by atoms with van der Waals surface area (Å²) in [7, 11) is 0. The van der Waals surface area contributed by atoms with Gasteiger partial charge in [0, 0.05) is 13.2 Å². The monoisotopic (exact) mass is 300 g/mol. The van der Waals surface area contributed by atoms with Crippen molar-refractivity contribution in [3.05, 3.63) is 30.1 Å². The third-order valence-electron chi connectivity index (χ3n) is 4.26. The van der Waals surface area contributed by atoms with Gasteiger partial charge in [0.05, 0.1) is 5.52 Å². The van der Waals surface area contributed by atoms with Crippen molar-refractivity contribution < 1.29 is 9.90 Å². The molecule has 6 heteroatoms. The Morgan fingerprint density at radius 1 is 1.18 bits per heavy atom. The summed E-state index contributed by atoms with van der Waals surface area (Å²) in [5.41, 5.74) is 1.35. The summed E-state index contributed by atoms with van der Waals surface area (Å²) in [5, 5.41) is 20.0. The zero-order valence-electron chi connectivity index (χ0n) is 12.4. The molecule has 0 saturated heterocycles. The fourth-order valence-corrected chi connectivity index (χ4v) is 3.05. The maximum absolute atomic E-state index is 12.2. The lowest BCUT2D eigenvalue weighted by Crippen LogP contribution is -2.33. The molecule has 1 aliphatic rings. The van der Waals surface area contributed by atoms with Crippen LogP contribution >= 0.6 is 0 Å². The molecule has 1 fully saturated rings. The molecule has 1 heterocycles. The highest BCUT2D eigenvalue weighted by atomic mass is 16.3. The quantitative estimate of drug-likeness (QED) is 0.894. The molecule has 0 spiro atoms. The maximum atomic E-state index is 12.2. The summed E-state index contributed by atoms with van der Waals surface area (Å²) in [4.78, 5) is 16.4. The molecule has 6 nitrogen and oxygen atoms in total. The van der Waals surface area contributed by atoms with E-state index >= 15 is 0 Å². The molecule has 0 bridgehead atoms. The van der Waals surface area contributed by atoms with Gasteiger partial charge in [0.2, 0.25) is 5.82 Å². The van der Waals surface area contributed by atoms with E-state index in [1.807, 2.05) is 24.3 Å². The van der Waals surface area contributed by atoms with Crippen molar-refractivity contribution >= 4 is 16.9 Å². The van der Waals surface area contributed by atoms with Crippen molar-refractivity contribution in [2.24, 2.45) is 11.8 Å². The number of carbonyl (C=O) groups excluding carboxylic acids is 1. The number of aliphatic hydroxyl groups is 1. The van der Waals surface area contributed by atoms with Gasteiger partial charge in [0.15, 0.2) is 0 Å². The number of fused-ring (bicyclic) bond motifs is 1. The van der Waals surface area contributed by atoms with Gasteiger partial charge in [0.25, 0.3) is 5.91 Å². The standard InChI is InChI=1S/C16H20N4O2/c21-10-12-5-3-4-11(8-12)9-17-16(22)15-18-13-6-1-2-7-14(13)19-20-15/h1-2,6-7,11-12,21H,3-5,8-10H2,(H,17,22)/t11-,12+/m0/s1. The third-order valence-corrected chi connectivity index (χ3v) is 4.26. The summed E-state index contributed by atoms with van der Waals surface area (Å²) >= 11 is 0.